The summed E-state index contributed by atoms with van der Waals surface area (Å²) in [4.78, 5) is 56.0. The molecule has 3 aromatic carbocycles. The maximum Gasteiger partial charge on any atom is 0.326 e. The molecule has 0 saturated carbocycles. The van der Waals surface area contributed by atoms with Crippen LogP contribution in [-0.4, -0.2) is 69.6 Å². The van der Waals surface area contributed by atoms with Crippen molar-refractivity contribution < 1.29 is 29.4 Å². The van der Waals surface area contributed by atoms with E-state index >= 15 is 0 Å². The molecule has 4 aromatic rings. The molecule has 4 atom stereocenters. The predicted molar refractivity (Wildman–Crippen MR) is 168 cm³/mol. The lowest BCUT2D eigenvalue weighted by Crippen LogP contribution is -2.58. The molecule has 2 heterocycles. The Morgan fingerprint density at radius 2 is 1.38 bits per heavy atom. The predicted octanol–water partition coefficient (Wildman–Crippen LogP) is 2.19. The Bertz CT molecular complexity index is 1630. The number of carbonyl (C=O) groups is 4. The van der Waals surface area contributed by atoms with Gasteiger partial charge in [-0.25, -0.2) is 4.79 Å². The van der Waals surface area contributed by atoms with E-state index in [-0.39, 0.29) is 30.9 Å². The number of carboxylic acids is 1. The van der Waals surface area contributed by atoms with Crippen LogP contribution in [0.2, 0.25) is 0 Å². The minimum Gasteiger partial charge on any atom is -0.508 e. The summed E-state index contributed by atoms with van der Waals surface area (Å²) in [5.74, 6) is -2.71. The number of aromatic nitrogens is 1. The number of hydrogen-bond donors (Lipinski definition) is 7. The van der Waals surface area contributed by atoms with Crippen molar-refractivity contribution >= 4 is 34.6 Å². The van der Waals surface area contributed by atoms with Crippen molar-refractivity contribution in [1.82, 2.24) is 26.3 Å². The summed E-state index contributed by atoms with van der Waals surface area (Å²) in [6.07, 6.45) is 3.46. The van der Waals surface area contributed by atoms with Crippen molar-refractivity contribution in [2.24, 2.45) is 0 Å². The third kappa shape index (κ3) is 8.27. The Kier molecular flexibility index (Phi) is 10.1. The van der Waals surface area contributed by atoms with E-state index in [1.807, 2.05) is 54.6 Å². The van der Waals surface area contributed by atoms with Crippen molar-refractivity contribution in [3.63, 3.8) is 0 Å². The minimum absolute atomic E-state index is 0.0328. The SMILES string of the molecule is O=C(O)C(Cc1c[nH]c2ccccc12)NC(=O)C(Cc1ccccc1)NC(=O)C(Cc1ccc(O)cc1)NC(=O)C1CCCN1. The van der Waals surface area contributed by atoms with Crippen LogP contribution in [0.4, 0.5) is 0 Å². The number of aliphatic carboxylic acids is 1. The topological polar surface area (TPSA) is 173 Å². The number of para-hydroxylation sites is 1. The standard InChI is InChI=1S/C34H37N5O6/c40-24-14-12-22(13-15-24)18-29(37-31(41)27-11-6-16-35-27)32(42)38-28(17-21-7-2-1-3-8-21)33(43)39-30(34(44)45)19-23-20-36-26-10-5-4-9-25(23)26/h1-5,7-10,12-15,20,27-30,35-36,40H,6,11,16-19H2,(H,37,41)(H,38,42)(H,39,43)(H,44,45). The van der Waals surface area contributed by atoms with Crippen LogP contribution in [0.15, 0.2) is 85.1 Å². The first-order valence-electron chi connectivity index (χ1n) is 15.0. The van der Waals surface area contributed by atoms with Gasteiger partial charge in [-0.1, -0.05) is 60.7 Å². The third-order valence-corrected chi connectivity index (χ3v) is 8.02. The zero-order valence-electron chi connectivity index (χ0n) is 24.7. The zero-order valence-corrected chi connectivity index (χ0v) is 24.7. The average molecular weight is 612 g/mol. The summed E-state index contributed by atoms with van der Waals surface area (Å²) in [6, 6.07) is 19.0. The fourth-order valence-corrected chi connectivity index (χ4v) is 5.58. The van der Waals surface area contributed by atoms with E-state index in [1.54, 1.807) is 18.3 Å². The molecule has 0 spiro atoms. The molecular weight excluding hydrogens is 574 g/mol. The summed E-state index contributed by atoms with van der Waals surface area (Å²) in [5.41, 5.74) is 3.04. The number of phenolic OH excluding ortho intramolecular Hbond substituents is 1. The second-order valence-electron chi connectivity index (χ2n) is 11.3. The maximum absolute atomic E-state index is 13.8. The molecule has 7 N–H and O–H groups in total. The highest BCUT2D eigenvalue weighted by atomic mass is 16.4. The van der Waals surface area contributed by atoms with Crippen LogP contribution >= 0.6 is 0 Å². The van der Waals surface area contributed by atoms with Gasteiger partial charge in [-0.2, -0.15) is 0 Å². The summed E-state index contributed by atoms with van der Waals surface area (Å²) >= 11 is 0. The van der Waals surface area contributed by atoms with Crippen molar-refractivity contribution in [2.45, 2.75) is 56.3 Å². The molecule has 11 heteroatoms. The van der Waals surface area contributed by atoms with Gasteiger partial charge in [0.25, 0.3) is 0 Å². The van der Waals surface area contributed by atoms with Crippen molar-refractivity contribution in [2.75, 3.05) is 6.54 Å². The Morgan fingerprint density at radius 1 is 0.756 bits per heavy atom. The summed E-state index contributed by atoms with van der Waals surface area (Å²) < 4.78 is 0. The van der Waals surface area contributed by atoms with Gasteiger partial charge in [-0.05, 0) is 54.3 Å². The van der Waals surface area contributed by atoms with Gasteiger partial charge in [0, 0.05) is 36.4 Å². The third-order valence-electron chi connectivity index (χ3n) is 8.02. The Morgan fingerprint density at radius 3 is 2.04 bits per heavy atom. The van der Waals surface area contributed by atoms with Crippen molar-refractivity contribution in [3.05, 3.63) is 102 Å². The van der Waals surface area contributed by atoms with Crippen molar-refractivity contribution in [3.8, 4) is 5.75 Å². The fourth-order valence-electron chi connectivity index (χ4n) is 5.58. The van der Waals surface area contributed by atoms with Crippen LogP contribution in [0.25, 0.3) is 10.9 Å². The van der Waals surface area contributed by atoms with Gasteiger partial charge in [-0.3, -0.25) is 14.4 Å². The molecule has 11 nitrogen and oxygen atoms in total. The second-order valence-corrected chi connectivity index (χ2v) is 11.3. The number of phenols is 1. The van der Waals surface area contributed by atoms with Crippen LogP contribution in [0.5, 0.6) is 5.75 Å². The van der Waals surface area contributed by atoms with Gasteiger partial charge < -0.3 is 36.5 Å². The van der Waals surface area contributed by atoms with E-state index in [0.29, 0.717) is 18.5 Å². The normalized spacial score (nSPS) is 16.4. The number of fused-ring (bicyclic) bond motifs is 1. The van der Waals surface area contributed by atoms with Gasteiger partial charge >= 0.3 is 5.97 Å². The van der Waals surface area contributed by atoms with Crippen LogP contribution < -0.4 is 21.3 Å². The van der Waals surface area contributed by atoms with E-state index in [0.717, 1.165) is 28.5 Å². The number of aromatic amines is 1. The summed E-state index contributed by atoms with van der Waals surface area (Å²) in [7, 11) is 0. The Labute approximate surface area is 260 Å². The lowest BCUT2D eigenvalue weighted by molar-refractivity contribution is -0.142. The number of carbonyl (C=O) groups excluding carboxylic acids is 3. The lowest BCUT2D eigenvalue weighted by atomic mass is 10.0. The van der Waals surface area contributed by atoms with E-state index < -0.39 is 42.0 Å². The number of nitrogens with one attached hydrogen (secondary N) is 5. The molecule has 1 fully saturated rings. The van der Waals surface area contributed by atoms with Crippen LogP contribution in [0.3, 0.4) is 0 Å². The largest absolute Gasteiger partial charge is 0.508 e. The van der Waals surface area contributed by atoms with Gasteiger partial charge in [0.1, 0.15) is 23.9 Å². The number of benzene rings is 3. The monoisotopic (exact) mass is 611 g/mol. The molecule has 4 unspecified atom stereocenters. The molecule has 0 aliphatic carbocycles. The molecule has 1 aromatic heterocycles. The highest BCUT2D eigenvalue weighted by molar-refractivity contribution is 5.94. The second kappa shape index (κ2) is 14.5. The molecule has 0 bridgehead atoms. The number of carboxylic acid groups (broad SMARTS) is 1. The molecule has 1 saturated heterocycles. The minimum atomic E-state index is -1.26. The Balaban J connectivity index is 1.36. The number of aromatic hydroxyl groups is 1. The summed E-state index contributed by atoms with van der Waals surface area (Å²) in [5, 5.41) is 32.0. The molecule has 3 amide bonds. The number of amides is 3. The van der Waals surface area contributed by atoms with E-state index in [4.69, 9.17) is 0 Å². The number of H-pyrrole nitrogens is 1. The number of hydrogen-bond acceptors (Lipinski definition) is 6. The van der Waals surface area contributed by atoms with E-state index in [2.05, 4.69) is 26.3 Å². The molecular formula is C34H37N5O6. The molecule has 45 heavy (non-hydrogen) atoms. The highest BCUT2D eigenvalue weighted by Crippen LogP contribution is 2.19. The quantitative estimate of drug-likeness (QED) is 0.121. The molecule has 5 rings (SSSR count). The first kappa shape index (κ1) is 31.3. The molecule has 1 aliphatic heterocycles. The zero-order chi connectivity index (χ0) is 31.8. The molecule has 234 valence electrons. The van der Waals surface area contributed by atoms with Crippen molar-refractivity contribution in [1.29, 1.82) is 0 Å². The van der Waals surface area contributed by atoms with E-state index in [9.17, 15) is 29.4 Å². The smallest absolute Gasteiger partial charge is 0.326 e. The number of rotatable bonds is 13. The van der Waals surface area contributed by atoms with Gasteiger partial charge in [0.05, 0.1) is 6.04 Å². The lowest BCUT2D eigenvalue weighted by Gasteiger charge is -2.25. The van der Waals surface area contributed by atoms with Crippen LogP contribution in [-0.2, 0) is 38.4 Å². The van der Waals surface area contributed by atoms with Crippen LogP contribution in [0.1, 0.15) is 29.5 Å². The van der Waals surface area contributed by atoms with Gasteiger partial charge in [-0.15, -0.1) is 0 Å². The first-order chi connectivity index (χ1) is 21.8. The van der Waals surface area contributed by atoms with E-state index in [1.165, 1.54) is 12.1 Å². The highest BCUT2D eigenvalue weighted by Gasteiger charge is 2.32. The summed E-state index contributed by atoms with van der Waals surface area (Å²) in [6.45, 7) is 0.704. The van der Waals surface area contributed by atoms with Crippen LogP contribution in [0, 0.1) is 0 Å². The molecule has 0 radical (unpaired) electrons. The van der Waals surface area contributed by atoms with Gasteiger partial charge in [0.15, 0.2) is 0 Å². The average Bonchev–Trinajstić information content (AvgIpc) is 3.72. The Hall–Kier alpha value is -5.16. The fraction of sp³-hybridized carbons (Fsp3) is 0.294. The van der Waals surface area contributed by atoms with Gasteiger partial charge in [0.2, 0.25) is 17.7 Å². The molecule has 1 aliphatic rings. The first-order valence-corrected chi connectivity index (χ1v) is 15.0. The maximum atomic E-state index is 13.8.